The van der Waals surface area contributed by atoms with Crippen LogP contribution in [-0.2, 0) is 4.79 Å². The van der Waals surface area contributed by atoms with Crippen LogP contribution < -0.4 is 19.7 Å². The van der Waals surface area contributed by atoms with Crippen LogP contribution in [0.4, 0.5) is 11.6 Å². The maximum atomic E-state index is 13.6. The summed E-state index contributed by atoms with van der Waals surface area (Å²) < 4.78 is 12.6. The molecule has 5 rings (SSSR count). The van der Waals surface area contributed by atoms with E-state index >= 15 is 0 Å². The van der Waals surface area contributed by atoms with Crippen LogP contribution in [-0.4, -0.2) is 48.9 Å². The van der Waals surface area contributed by atoms with Crippen molar-refractivity contribution >= 4 is 17.4 Å². The van der Waals surface area contributed by atoms with E-state index in [9.17, 15) is 4.79 Å². The van der Waals surface area contributed by atoms with Gasteiger partial charge in [-0.25, -0.2) is 4.68 Å². The van der Waals surface area contributed by atoms with Crippen LogP contribution in [0.25, 0.3) is 0 Å². The molecule has 0 unspecified atom stereocenters. The first-order valence-electron chi connectivity index (χ1n) is 10.9. The highest BCUT2D eigenvalue weighted by Crippen LogP contribution is 2.45. The number of carbonyl (C=O) groups excluding carboxylic acids is 1. The highest BCUT2D eigenvalue weighted by molar-refractivity contribution is 6.00. The molecule has 0 spiro atoms. The molecule has 0 saturated carbocycles. The number of allylic oxidation sites excluding steroid dienone is 2. The van der Waals surface area contributed by atoms with Crippen LogP contribution >= 0.6 is 0 Å². The zero-order valence-electron chi connectivity index (χ0n) is 19.2. The largest absolute Gasteiger partial charge is 0.493 e. The number of hydrogen-bond acceptors (Lipinski definition) is 7. The van der Waals surface area contributed by atoms with Gasteiger partial charge in [-0.05, 0) is 47.7 Å². The number of Topliss-reactive ketones (excluding diaryl/α,β-unsaturated/α-hetero) is 1. The van der Waals surface area contributed by atoms with Crippen LogP contribution in [0.1, 0.15) is 35.9 Å². The molecule has 170 valence electrons. The van der Waals surface area contributed by atoms with Crippen LogP contribution in [0, 0.1) is 0 Å². The summed E-state index contributed by atoms with van der Waals surface area (Å²) in [6.07, 6.45) is 2.65. The van der Waals surface area contributed by atoms with Gasteiger partial charge < -0.3 is 19.7 Å². The van der Waals surface area contributed by atoms with E-state index in [4.69, 9.17) is 9.47 Å². The van der Waals surface area contributed by atoms with Crippen molar-refractivity contribution in [1.82, 2.24) is 14.8 Å². The number of carbonyl (C=O) groups is 1. The predicted molar refractivity (Wildman–Crippen MR) is 126 cm³/mol. The SMILES string of the molecule is COc1ccc([C@H]2CC(=O)C3=C(C2)Nc2ncnn2[C@@H]3c2ccc(N(C)C)cc2)cc1OC. The van der Waals surface area contributed by atoms with Gasteiger partial charge in [0.25, 0.3) is 0 Å². The molecule has 2 aliphatic rings. The Labute approximate surface area is 192 Å². The number of anilines is 2. The molecule has 0 saturated heterocycles. The molecule has 2 heterocycles. The third kappa shape index (κ3) is 3.61. The maximum absolute atomic E-state index is 13.6. The summed E-state index contributed by atoms with van der Waals surface area (Å²) in [5.74, 6) is 2.14. The molecule has 0 amide bonds. The van der Waals surface area contributed by atoms with Crippen molar-refractivity contribution in [3.63, 3.8) is 0 Å². The number of fused-ring (bicyclic) bond motifs is 1. The zero-order valence-corrected chi connectivity index (χ0v) is 19.2. The number of ketones is 1. The number of rotatable bonds is 5. The van der Waals surface area contributed by atoms with Gasteiger partial charge in [0, 0.05) is 37.5 Å². The Bertz CT molecular complexity index is 1230. The number of methoxy groups -OCH3 is 2. The van der Waals surface area contributed by atoms with E-state index in [0.29, 0.717) is 30.3 Å². The fourth-order valence-electron chi connectivity index (χ4n) is 4.76. The number of nitrogens with zero attached hydrogens (tertiary/aromatic N) is 4. The smallest absolute Gasteiger partial charge is 0.226 e. The second-order valence-electron chi connectivity index (χ2n) is 8.58. The summed E-state index contributed by atoms with van der Waals surface area (Å²) in [7, 11) is 7.26. The monoisotopic (exact) mass is 445 g/mol. The van der Waals surface area contributed by atoms with E-state index < -0.39 is 0 Å². The van der Waals surface area contributed by atoms with Crippen LogP contribution in [0.15, 0.2) is 60.1 Å². The summed E-state index contributed by atoms with van der Waals surface area (Å²) in [5, 5.41) is 7.81. The lowest BCUT2D eigenvalue weighted by Crippen LogP contribution is -2.33. The Morgan fingerprint density at radius 2 is 1.73 bits per heavy atom. The van der Waals surface area contributed by atoms with Gasteiger partial charge >= 0.3 is 0 Å². The third-order valence-corrected chi connectivity index (χ3v) is 6.47. The fourth-order valence-corrected chi connectivity index (χ4v) is 4.76. The number of benzene rings is 2. The third-order valence-electron chi connectivity index (χ3n) is 6.47. The summed E-state index contributed by atoms with van der Waals surface area (Å²) in [5.41, 5.74) is 4.84. The van der Waals surface area contributed by atoms with Crippen LogP contribution in [0.5, 0.6) is 11.5 Å². The first-order valence-corrected chi connectivity index (χ1v) is 10.9. The Morgan fingerprint density at radius 3 is 2.42 bits per heavy atom. The molecular formula is C25H27N5O3. The number of ether oxygens (including phenoxy) is 2. The van der Waals surface area contributed by atoms with Crippen LogP contribution in [0.3, 0.4) is 0 Å². The minimum Gasteiger partial charge on any atom is -0.493 e. The quantitative estimate of drug-likeness (QED) is 0.640. The summed E-state index contributed by atoms with van der Waals surface area (Å²) >= 11 is 0. The average molecular weight is 446 g/mol. The average Bonchev–Trinajstić information content (AvgIpc) is 3.30. The van der Waals surface area contributed by atoms with Crippen molar-refractivity contribution in [2.45, 2.75) is 24.8 Å². The minimum absolute atomic E-state index is 0.0368. The Kier molecular flexibility index (Phi) is 5.28. The second kappa shape index (κ2) is 8.27. The Hall–Kier alpha value is -3.81. The topological polar surface area (TPSA) is 81.5 Å². The normalized spacial score (nSPS) is 19.5. The predicted octanol–water partition coefficient (Wildman–Crippen LogP) is 3.78. The van der Waals surface area contributed by atoms with Crippen molar-refractivity contribution in [2.75, 3.05) is 38.5 Å². The van der Waals surface area contributed by atoms with Gasteiger partial charge in [-0.3, -0.25) is 4.79 Å². The van der Waals surface area contributed by atoms with Gasteiger partial charge in [-0.2, -0.15) is 10.1 Å². The summed E-state index contributed by atoms with van der Waals surface area (Å²) in [6, 6.07) is 13.8. The van der Waals surface area contributed by atoms with E-state index in [-0.39, 0.29) is 17.7 Å². The summed E-state index contributed by atoms with van der Waals surface area (Å²) in [6.45, 7) is 0. The van der Waals surface area contributed by atoms with E-state index in [1.165, 1.54) is 6.33 Å². The number of aromatic nitrogens is 3. The van der Waals surface area contributed by atoms with Crippen molar-refractivity contribution in [3.05, 3.63) is 71.2 Å². The first-order chi connectivity index (χ1) is 16.0. The van der Waals surface area contributed by atoms with E-state index in [0.717, 1.165) is 28.1 Å². The van der Waals surface area contributed by atoms with Crippen LogP contribution in [0.2, 0.25) is 0 Å². The maximum Gasteiger partial charge on any atom is 0.226 e. The van der Waals surface area contributed by atoms with E-state index in [2.05, 4.69) is 44.6 Å². The zero-order chi connectivity index (χ0) is 23.1. The molecule has 33 heavy (non-hydrogen) atoms. The van der Waals surface area contributed by atoms with Gasteiger partial charge in [-0.15, -0.1) is 0 Å². The number of hydrogen-bond donors (Lipinski definition) is 1. The molecule has 1 aromatic heterocycles. The highest BCUT2D eigenvalue weighted by atomic mass is 16.5. The number of nitrogens with one attached hydrogen (secondary N) is 1. The Balaban J connectivity index is 1.53. The van der Waals surface area contributed by atoms with Gasteiger partial charge in [0.05, 0.1) is 14.2 Å². The van der Waals surface area contributed by atoms with E-state index in [1.807, 2.05) is 32.3 Å². The standard InChI is InChI=1S/C25H27N5O3/c1-29(2)18-8-5-15(6-9-18)24-23-19(28-25-26-14-27-30(24)25)11-17(12-20(23)31)16-7-10-21(32-3)22(13-16)33-4/h5-10,13-14,17,24H,11-12H2,1-4H3,(H,26,27,28)/t17-,24-/m1/s1. The highest BCUT2D eigenvalue weighted by Gasteiger charge is 2.39. The first kappa shape index (κ1) is 21.1. The lowest BCUT2D eigenvalue weighted by Gasteiger charge is -2.35. The molecule has 1 N–H and O–H groups in total. The van der Waals surface area contributed by atoms with E-state index in [1.54, 1.807) is 18.9 Å². The molecular weight excluding hydrogens is 418 g/mol. The molecule has 3 aromatic rings. The molecule has 0 radical (unpaired) electrons. The summed E-state index contributed by atoms with van der Waals surface area (Å²) in [4.78, 5) is 20.0. The Morgan fingerprint density at radius 1 is 1.00 bits per heavy atom. The second-order valence-corrected chi connectivity index (χ2v) is 8.58. The van der Waals surface area contributed by atoms with Gasteiger partial charge in [0.2, 0.25) is 5.95 Å². The molecule has 8 heteroatoms. The molecule has 2 aromatic carbocycles. The van der Waals surface area contributed by atoms with Crippen molar-refractivity contribution in [3.8, 4) is 11.5 Å². The molecule has 1 aliphatic heterocycles. The van der Waals surface area contributed by atoms with Crippen molar-refractivity contribution in [2.24, 2.45) is 0 Å². The molecule has 1 aliphatic carbocycles. The molecule has 0 bridgehead atoms. The van der Waals surface area contributed by atoms with Gasteiger partial charge in [0.15, 0.2) is 17.3 Å². The molecule has 8 nitrogen and oxygen atoms in total. The molecule has 0 fully saturated rings. The van der Waals surface area contributed by atoms with Crippen molar-refractivity contribution in [1.29, 1.82) is 0 Å². The minimum atomic E-state index is -0.297. The van der Waals surface area contributed by atoms with Gasteiger partial charge in [0.1, 0.15) is 12.4 Å². The lowest BCUT2D eigenvalue weighted by molar-refractivity contribution is -0.116. The fraction of sp³-hybridized carbons (Fsp3) is 0.320. The van der Waals surface area contributed by atoms with Crippen molar-refractivity contribution < 1.29 is 14.3 Å². The van der Waals surface area contributed by atoms with Gasteiger partial charge in [-0.1, -0.05) is 18.2 Å². The molecule has 2 atom stereocenters. The lowest BCUT2D eigenvalue weighted by atomic mass is 9.78.